The predicted molar refractivity (Wildman–Crippen MR) is 69.4 cm³/mol. The van der Waals surface area contributed by atoms with E-state index in [9.17, 15) is 0 Å². The topological polar surface area (TPSA) is 0 Å². The monoisotopic (exact) mass is 266 g/mol. The Morgan fingerprint density at radius 1 is 1.40 bits per heavy atom. The molecule has 1 aliphatic carbocycles. The molecule has 15 heavy (non-hydrogen) atoms. The SMILES string of the molecule is CCC(C)CC1Cc2ccccc2C1Br. The van der Waals surface area contributed by atoms with Crippen LogP contribution >= 0.6 is 15.9 Å². The molecule has 0 amide bonds. The Hall–Kier alpha value is -0.300. The van der Waals surface area contributed by atoms with E-state index >= 15 is 0 Å². The van der Waals surface area contributed by atoms with Crippen LogP contribution in [0.15, 0.2) is 24.3 Å². The first-order valence-corrected chi connectivity index (χ1v) is 6.85. The lowest BCUT2D eigenvalue weighted by Crippen LogP contribution is -2.07. The van der Waals surface area contributed by atoms with Crippen LogP contribution in [0.25, 0.3) is 0 Å². The second-order valence-corrected chi connectivity index (χ2v) is 5.80. The lowest BCUT2D eigenvalue weighted by molar-refractivity contribution is 0.393. The molecule has 0 fully saturated rings. The Bertz CT molecular complexity index is 332. The zero-order valence-electron chi connectivity index (χ0n) is 9.54. The van der Waals surface area contributed by atoms with Crippen LogP contribution in [0, 0.1) is 11.8 Å². The molecular weight excluding hydrogens is 248 g/mol. The Morgan fingerprint density at radius 3 is 2.80 bits per heavy atom. The van der Waals surface area contributed by atoms with E-state index in [1.54, 1.807) is 5.56 Å². The summed E-state index contributed by atoms with van der Waals surface area (Å²) in [5.41, 5.74) is 3.07. The minimum Gasteiger partial charge on any atom is -0.0836 e. The summed E-state index contributed by atoms with van der Waals surface area (Å²) in [7, 11) is 0. The molecule has 0 aromatic heterocycles. The summed E-state index contributed by atoms with van der Waals surface area (Å²) in [4.78, 5) is 0.586. The van der Waals surface area contributed by atoms with Crippen molar-refractivity contribution < 1.29 is 0 Å². The largest absolute Gasteiger partial charge is 0.0836 e. The Balaban J connectivity index is 2.10. The average molecular weight is 267 g/mol. The summed E-state index contributed by atoms with van der Waals surface area (Å²) >= 11 is 3.86. The van der Waals surface area contributed by atoms with Crippen LogP contribution < -0.4 is 0 Å². The van der Waals surface area contributed by atoms with Gasteiger partial charge in [-0.1, -0.05) is 60.5 Å². The highest BCUT2D eigenvalue weighted by Gasteiger charge is 2.30. The van der Waals surface area contributed by atoms with Gasteiger partial charge < -0.3 is 0 Å². The summed E-state index contributed by atoms with van der Waals surface area (Å²) in [6.45, 7) is 4.65. The summed E-state index contributed by atoms with van der Waals surface area (Å²) in [6.07, 6.45) is 3.91. The summed E-state index contributed by atoms with van der Waals surface area (Å²) < 4.78 is 0. The average Bonchev–Trinajstić information content (AvgIpc) is 2.57. The van der Waals surface area contributed by atoms with E-state index < -0.39 is 0 Å². The van der Waals surface area contributed by atoms with Crippen LogP contribution in [0.3, 0.4) is 0 Å². The van der Waals surface area contributed by atoms with Crippen molar-refractivity contribution in [2.45, 2.75) is 37.9 Å². The molecule has 0 heterocycles. The van der Waals surface area contributed by atoms with Crippen LogP contribution in [0.5, 0.6) is 0 Å². The number of halogens is 1. The van der Waals surface area contributed by atoms with Gasteiger partial charge in [-0.2, -0.15) is 0 Å². The van der Waals surface area contributed by atoms with Crippen molar-refractivity contribution >= 4 is 15.9 Å². The molecule has 2 rings (SSSR count). The molecule has 0 spiro atoms. The maximum absolute atomic E-state index is 3.86. The highest BCUT2D eigenvalue weighted by molar-refractivity contribution is 9.09. The van der Waals surface area contributed by atoms with Gasteiger partial charge in [-0.15, -0.1) is 0 Å². The zero-order chi connectivity index (χ0) is 10.8. The molecule has 0 saturated carbocycles. The minimum atomic E-state index is 0.586. The molecule has 0 N–H and O–H groups in total. The lowest BCUT2D eigenvalue weighted by atomic mass is 9.92. The van der Waals surface area contributed by atoms with Crippen molar-refractivity contribution in [1.29, 1.82) is 0 Å². The van der Waals surface area contributed by atoms with Gasteiger partial charge >= 0.3 is 0 Å². The van der Waals surface area contributed by atoms with Gasteiger partial charge in [-0.3, -0.25) is 0 Å². The van der Waals surface area contributed by atoms with E-state index in [4.69, 9.17) is 0 Å². The smallest absolute Gasteiger partial charge is 0.0429 e. The van der Waals surface area contributed by atoms with Gasteiger partial charge in [-0.05, 0) is 35.8 Å². The molecular formula is C14H19Br. The van der Waals surface area contributed by atoms with Crippen molar-refractivity contribution in [2.24, 2.45) is 11.8 Å². The normalized spacial score (nSPS) is 26.3. The fourth-order valence-corrected chi connectivity index (χ4v) is 3.36. The minimum absolute atomic E-state index is 0.586. The van der Waals surface area contributed by atoms with Gasteiger partial charge in [0.05, 0.1) is 0 Å². The molecule has 3 unspecified atom stereocenters. The van der Waals surface area contributed by atoms with Crippen LogP contribution in [0.2, 0.25) is 0 Å². The van der Waals surface area contributed by atoms with Crippen LogP contribution in [0.4, 0.5) is 0 Å². The van der Waals surface area contributed by atoms with Gasteiger partial charge in [-0.25, -0.2) is 0 Å². The second kappa shape index (κ2) is 4.69. The first-order chi connectivity index (χ1) is 7.22. The molecule has 0 bridgehead atoms. The second-order valence-electron chi connectivity index (χ2n) is 4.81. The zero-order valence-corrected chi connectivity index (χ0v) is 11.1. The molecule has 1 aromatic carbocycles. The Labute approximate surface area is 101 Å². The number of benzene rings is 1. The fourth-order valence-electron chi connectivity index (χ4n) is 2.52. The van der Waals surface area contributed by atoms with E-state index in [2.05, 4.69) is 54.0 Å². The summed E-state index contributed by atoms with van der Waals surface area (Å²) in [5, 5.41) is 0. The van der Waals surface area contributed by atoms with E-state index in [1.807, 2.05) is 0 Å². The maximum Gasteiger partial charge on any atom is 0.0429 e. The fraction of sp³-hybridized carbons (Fsp3) is 0.571. The molecule has 0 aliphatic heterocycles. The van der Waals surface area contributed by atoms with E-state index in [-0.39, 0.29) is 0 Å². The third kappa shape index (κ3) is 2.28. The number of rotatable bonds is 3. The van der Waals surface area contributed by atoms with E-state index in [0.29, 0.717) is 4.83 Å². The van der Waals surface area contributed by atoms with Gasteiger partial charge in [0, 0.05) is 4.83 Å². The molecule has 82 valence electrons. The first-order valence-electron chi connectivity index (χ1n) is 5.94. The Morgan fingerprint density at radius 2 is 2.13 bits per heavy atom. The van der Waals surface area contributed by atoms with Crippen LogP contribution in [-0.4, -0.2) is 0 Å². The van der Waals surface area contributed by atoms with Gasteiger partial charge in [0.2, 0.25) is 0 Å². The Kier molecular flexibility index (Phi) is 3.50. The van der Waals surface area contributed by atoms with Crippen molar-refractivity contribution in [2.75, 3.05) is 0 Å². The standard InChI is InChI=1S/C14H19Br/c1-3-10(2)8-12-9-11-6-4-5-7-13(11)14(12)15/h4-7,10,12,14H,3,8-9H2,1-2H3. The van der Waals surface area contributed by atoms with Gasteiger partial charge in [0.25, 0.3) is 0 Å². The van der Waals surface area contributed by atoms with E-state index in [0.717, 1.165) is 11.8 Å². The molecule has 0 nitrogen and oxygen atoms in total. The van der Waals surface area contributed by atoms with Crippen LogP contribution in [-0.2, 0) is 6.42 Å². The third-order valence-corrected chi connectivity index (χ3v) is 4.89. The molecule has 1 heteroatoms. The maximum atomic E-state index is 3.86. The number of hydrogen-bond donors (Lipinski definition) is 0. The third-order valence-electron chi connectivity index (χ3n) is 3.65. The first kappa shape index (κ1) is 11.2. The van der Waals surface area contributed by atoms with E-state index in [1.165, 1.54) is 24.8 Å². The number of alkyl halides is 1. The van der Waals surface area contributed by atoms with Crippen molar-refractivity contribution in [3.8, 4) is 0 Å². The van der Waals surface area contributed by atoms with Gasteiger partial charge in [0.15, 0.2) is 0 Å². The summed E-state index contributed by atoms with van der Waals surface area (Å²) in [6, 6.07) is 8.86. The molecule has 0 saturated heterocycles. The summed E-state index contributed by atoms with van der Waals surface area (Å²) in [5.74, 6) is 1.65. The highest BCUT2D eigenvalue weighted by atomic mass is 79.9. The quantitative estimate of drug-likeness (QED) is 0.694. The molecule has 3 atom stereocenters. The van der Waals surface area contributed by atoms with Crippen LogP contribution in [0.1, 0.15) is 42.6 Å². The van der Waals surface area contributed by atoms with Crippen molar-refractivity contribution in [1.82, 2.24) is 0 Å². The predicted octanol–water partition coefficient (Wildman–Crippen LogP) is 4.73. The van der Waals surface area contributed by atoms with Crippen molar-refractivity contribution in [3.05, 3.63) is 35.4 Å². The van der Waals surface area contributed by atoms with Gasteiger partial charge in [0.1, 0.15) is 0 Å². The highest BCUT2D eigenvalue weighted by Crippen LogP contribution is 2.44. The molecule has 0 radical (unpaired) electrons. The number of fused-ring (bicyclic) bond motifs is 1. The molecule has 1 aromatic rings. The lowest BCUT2D eigenvalue weighted by Gasteiger charge is -2.18. The number of hydrogen-bond acceptors (Lipinski definition) is 0. The molecule has 1 aliphatic rings. The van der Waals surface area contributed by atoms with Crippen molar-refractivity contribution in [3.63, 3.8) is 0 Å².